The fourth-order valence-corrected chi connectivity index (χ4v) is 0.198. The average Bonchev–Trinajstić information content (AvgIpc) is 1.86. The van der Waals surface area contributed by atoms with E-state index in [1.54, 1.807) is 6.92 Å². The van der Waals surface area contributed by atoms with Crippen LogP contribution in [0.15, 0.2) is 4.42 Å². The minimum atomic E-state index is 0. The van der Waals surface area contributed by atoms with Gasteiger partial charge in [-0.05, 0) is 0 Å². The Morgan fingerprint density at radius 2 is 2.25 bits per heavy atom. The third-order valence-corrected chi connectivity index (χ3v) is 0.425. The normalized spacial score (nSPS) is 6.62. The number of hydrogen-bond donors (Lipinski definition) is 0. The van der Waals surface area contributed by atoms with Crippen LogP contribution >= 0.6 is 0 Å². The van der Waals surface area contributed by atoms with E-state index in [0.717, 1.165) is 0 Å². The summed E-state index contributed by atoms with van der Waals surface area (Å²) in [6, 6.07) is 0. The zero-order valence-electron chi connectivity index (χ0n) is 4.71. The van der Waals surface area contributed by atoms with Crippen molar-refractivity contribution in [3.63, 3.8) is 0 Å². The molecule has 44 valence electrons. The summed E-state index contributed by atoms with van der Waals surface area (Å²) in [5, 5.41) is 6.72. The first kappa shape index (κ1) is 10.7. The number of nitrogens with zero attached hydrogens (tertiary/aromatic N) is 2. The van der Waals surface area contributed by atoms with Gasteiger partial charge in [-0.3, -0.25) is 0 Å². The van der Waals surface area contributed by atoms with Crippen LogP contribution in [-0.4, -0.2) is 10.2 Å². The van der Waals surface area contributed by atoms with Crippen molar-refractivity contribution in [1.82, 2.24) is 10.2 Å². The van der Waals surface area contributed by atoms with Gasteiger partial charge in [0.1, 0.15) is 0 Å². The van der Waals surface area contributed by atoms with E-state index in [1.165, 1.54) is 0 Å². The molecule has 1 heterocycles. The molecule has 8 heavy (non-hydrogen) atoms. The summed E-state index contributed by atoms with van der Waals surface area (Å²) in [7, 11) is 0. The van der Waals surface area contributed by atoms with Crippen LogP contribution in [0.3, 0.4) is 0 Å². The molecule has 0 unspecified atom stereocenters. The van der Waals surface area contributed by atoms with Crippen LogP contribution in [0.5, 0.6) is 0 Å². The summed E-state index contributed by atoms with van der Waals surface area (Å²) in [4.78, 5) is 0. The minimum Gasteiger partial charge on any atom is -0.613 e. The molecule has 0 spiro atoms. The van der Waals surface area contributed by atoms with Crippen molar-refractivity contribution in [3.8, 4) is 0 Å². The summed E-state index contributed by atoms with van der Waals surface area (Å²) >= 11 is 0. The van der Waals surface area contributed by atoms with Crippen molar-refractivity contribution in [2.75, 3.05) is 0 Å². The molecule has 0 fully saturated rings. The van der Waals surface area contributed by atoms with Gasteiger partial charge in [-0.25, -0.2) is 10.2 Å². The van der Waals surface area contributed by atoms with Crippen LogP contribution < -0.4 is 0 Å². The van der Waals surface area contributed by atoms with Crippen LogP contribution in [0.1, 0.15) is 5.89 Å². The predicted octanol–water partition coefficient (Wildman–Crippen LogP) is 0.626. The molecule has 0 amide bonds. The van der Waals surface area contributed by atoms with Crippen molar-refractivity contribution in [1.29, 1.82) is 0 Å². The number of hydrogen-bond acceptors (Lipinski definition) is 3. The zero-order valence-corrected chi connectivity index (χ0v) is 7.64. The molecule has 0 saturated carbocycles. The molecule has 0 aliphatic rings. The maximum Gasteiger partial charge on any atom is 2.00 e. The maximum absolute atomic E-state index is 4.49. The van der Waals surface area contributed by atoms with E-state index in [4.69, 9.17) is 0 Å². The quantitative estimate of drug-likeness (QED) is 0.655. The van der Waals surface area contributed by atoms with Gasteiger partial charge < -0.3 is 11.8 Å². The number of aromatic nitrogens is 2. The second-order valence-electron chi connectivity index (χ2n) is 0.912. The van der Waals surface area contributed by atoms with Gasteiger partial charge in [0, 0.05) is 0 Å². The van der Waals surface area contributed by atoms with Gasteiger partial charge in [0.15, 0.2) is 0 Å². The molecule has 0 N–H and O–H groups in total. The SMILES string of the molecule is Cc1nn[c-]o1.[CH3-].[W+2]. The predicted molar refractivity (Wildman–Crippen MR) is 24.3 cm³/mol. The molecular weight excluding hydrogens is 276 g/mol. The molecule has 0 aromatic carbocycles. The molecule has 0 aliphatic heterocycles. The first-order valence-corrected chi connectivity index (χ1v) is 1.56. The molecule has 1 aromatic heterocycles. The molecular formula is C4H6N2OW. The van der Waals surface area contributed by atoms with E-state index in [1.807, 2.05) is 0 Å². The van der Waals surface area contributed by atoms with E-state index in [0.29, 0.717) is 5.89 Å². The Kier molecular flexibility index (Phi) is 6.68. The Balaban J connectivity index is 0. The summed E-state index contributed by atoms with van der Waals surface area (Å²) in [6.07, 6.45) is 2.19. The van der Waals surface area contributed by atoms with E-state index in [9.17, 15) is 0 Å². The molecule has 0 bridgehead atoms. The van der Waals surface area contributed by atoms with Gasteiger partial charge in [0.2, 0.25) is 0 Å². The van der Waals surface area contributed by atoms with E-state index in [2.05, 4.69) is 21.0 Å². The van der Waals surface area contributed by atoms with Crippen molar-refractivity contribution in [2.24, 2.45) is 0 Å². The van der Waals surface area contributed by atoms with Gasteiger partial charge in [0.05, 0.1) is 12.3 Å². The van der Waals surface area contributed by atoms with Crippen LogP contribution in [-0.2, 0) is 21.1 Å². The Hall–Kier alpha value is -0.172. The zero-order chi connectivity index (χ0) is 4.41. The van der Waals surface area contributed by atoms with Crippen LogP contribution in [0.4, 0.5) is 0 Å². The van der Waals surface area contributed by atoms with Gasteiger partial charge in [-0.15, -0.1) is 0 Å². The van der Waals surface area contributed by atoms with E-state index in [-0.39, 0.29) is 28.5 Å². The van der Waals surface area contributed by atoms with Gasteiger partial charge in [-0.2, -0.15) is 0 Å². The maximum atomic E-state index is 4.49. The van der Waals surface area contributed by atoms with Crippen molar-refractivity contribution in [2.45, 2.75) is 6.92 Å². The summed E-state index contributed by atoms with van der Waals surface area (Å²) in [5.41, 5.74) is 0. The number of rotatable bonds is 0. The molecule has 1 rings (SSSR count). The topological polar surface area (TPSA) is 38.9 Å². The molecule has 0 atom stereocenters. The van der Waals surface area contributed by atoms with Crippen molar-refractivity contribution >= 4 is 0 Å². The summed E-state index contributed by atoms with van der Waals surface area (Å²) in [6.45, 7) is 1.71. The number of aryl methyl sites for hydroxylation is 1. The Morgan fingerprint density at radius 1 is 1.62 bits per heavy atom. The van der Waals surface area contributed by atoms with Crippen LogP contribution in [0, 0.1) is 20.7 Å². The Bertz CT molecular complexity index is 118. The van der Waals surface area contributed by atoms with Crippen molar-refractivity contribution < 1.29 is 25.5 Å². The molecule has 3 nitrogen and oxygen atoms in total. The summed E-state index contributed by atoms with van der Waals surface area (Å²) in [5.74, 6) is 0.551. The first-order chi connectivity index (χ1) is 2.89. The fraction of sp³-hybridized carbons (Fsp3) is 0.250. The molecule has 0 radical (unpaired) electrons. The van der Waals surface area contributed by atoms with Crippen LogP contribution in [0.2, 0.25) is 0 Å². The Labute approximate surface area is 62.8 Å². The Morgan fingerprint density at radius 3 is 2.38 bits per heavy atom. The molecule has 0 saturated heterocycles. The van der Waals surface area contributed by atoms with E-state index >= 15 is 0 Å². The smallest absolute Gasteiger partial charge is 0.613 e. The molecule has 4 heteroatoms. The first-order valence-electron chi connectivity index (χ1n) is 1.56. The second kappa shape index (κ2) is 4.97. The largest absolute Gasteiger partial charge is 2.00 e. The van der Waals surface area contributed by atoms with Gasteiger partial charge in [-0.1, -0.05) is 6.92 Å². The van der Waals surface area contributed by atoms with Gasteiger partial charge in [0.25, 0.3) is 0 Å². The van der Waals surface area contributed by atoms with E-state index < -0.39 is 0 Å². The third kappa shape index (κ3) is 2.91. The van der Waals surface area contributed by atoms with Gasteiger partial charge >= 0.3 is 21.1 Å². The average molecular weight is 282 g/mol. The second-order valence-corrected chi connectivity index (χ2v) is 0.912. The monoisotopic (exact) mass is 282 g/mol. The minimum absolute atomic E-state index is 0. The third-order valence-electron chi connectivity index (χ3n) is 0.425. The standard InChI is InChI=1S/C3H3N2O.CH3.W/c1-3-5-4-2-6-3;;/h1H3;1H3;/q2*-1;+2. The van der Waals surface area contributed by atoms with Crippen LogP contribution in [0.25, 0.3) is 0 Å². The molecule has 1 aromatic rings. The fourth-order valence-electron chi connectivity index (χ4n) is 0.198. The van der Waals surface area contributed by atoms with Crippen molar-refractivity contribution in [3.05, 3.63) is 19.7 Å². The molecule has 0 aliphatic carbocycles. The summed E-state index contributed by atoms with van der Waals surface area (Å²) < 4.78 is 4.49.